The van der Waals surface area contributed by atoms with Gasteiger partial charge < -0.3 is 10.4 Å². The summed E-state index contributed by atoms with van der Waals surface area (Å²) in [7, 11) is -3.99. The molecule has 10 heteroatoms. The Bertz CT molecular complexity index is 1080. The van der Waals surface area contributed by atoms with Gasteiger partial charge in [0.1, 0.15) is 5.82 Å². The van der Waals surface area contributed by atoms with Crippen LogP contribution in [-0.4, -0.2) is 31.1 Å². The van der Waals surface area contributed by atoms with E-state index in [1.807, 2.05) is 0 Å². The van der Waals surface area contributed by atoms with Gasteiger partial charge in [-0.15, -0.1) is 0 Å². The Labute approximate surface area is 188 Å². The summed E-state index contributed by atoms with van der Waals surface area (Å²) in [5, 5.41) is 13.1. The highest BCUT2D eigenvalue weighted by Gasteiger charge is 2.37. The van der Waals surface area contributed by atoms with Crippen molar-refractivity contribution in [3.05, 3.63) is 57.3 Å². The monoisotopic (exact) mass is 518 g/mol. The molecular weight excluding hydrogens is 499 g/mol. The van der Waals surface area contributed by atoms with E-state index in [-0.39, 0.29) is 20.0 Å². The molecule has 1 amide bonds. The molecule has 0 spiro atoms. The number of rotatable bonds is 5. The van der Waals surface area contributed by atoms with Crippen molar-refractivity contribution in [2.45, 2.75) is 49.1 Å². The lowest BCUT2D eigenvalue weighted by molar-refractivity contribution is -0.00219. The number of benzene rings is 2. The lowest BCUT2D eigenvalue weighted by Gasteiger charge is -2.37. The van der Waals surface area contributed by atoms with Crippen molar-refractivity contribution in [2.75, 3.05) is 5.32 Å². The summed E-state index contributed by atoms with van der Waals surface area (Å²) in [6.45, 7) is 1.61. The second kappa shape index (κ2) is 8.92. The minimum absolute atomic E-state index is 0.0459. The van der Waals surface area contributed by atoms with Crippen molar-refractivity contribution in [1.82, 2.24) is 4.72 Å². The fraction of sp³-hybridized carbons (Fsp3) is 0.350. The number of carbonyl (C=O) groups is 1. The van der Waals surface area contributed by atoms with Crippen LogP contribution < -0.4 is 10.0 Å². The maximum absolute atomic E-state index is 13.4. The van der Waals surface area contributed by atoms with Gasteiger partial charge in [-0.3, -0.25) is 4.79 Å². The first kappa shape index (κ1) is 23.1. The highest BCUT2D eigenvalue weighted by molar-refractivity contribution is 9.10. The van der Waals surface area contributed by atoms with E-state index < -0.39 is 33.4 Å². The van der Waals surface area contributed by atoms with Crippen molar-refractivity contribution >= 4 is 49.1 Å². The standard InChI is InChI=1S/C20H21BrClFN2O4S/c1-20(27)9-3-2-4-18(20)25-30(28,29)13-6-7-16(22)14(11-13)19(26)24-12-5-8-17(23)15(21)10-12/h5-8,10-11,18,25,27H,2-4,9H2,1H3,(H,24,26). The van der Waals surface area contributed by atoms with Crippen molar-refractivity contribution in [3.63, 3.8) is 0 Å². The first-order valence-electron chi connectivity index (χ1n) is 9.30. The van der Waals surface area contributed by atoms with Gasteiger partial charge in [-0.05, 0) is 72.1 Å². The Morgan fingerprint density at radius 3 is 2.67 bits per heavy atom. The van der Waals surface area contributed by atoms with Gasteiger partial charge in [-0.2, -0.15) is 0 Å². The molecule has 0 aromatic heterocycles. The van der Waals surface area contributed by atoms with Gasteiger partial charge in [0, 0.05) is 5.69 Å². The molecule has 0 heterocycles. The molecule has 1 aliphatic rings. The molecule has 2 aromatic carbocycles. The predicted molar refractivity (Wildman–Crippen MR) is 117 cm³/mol. The van der Waals surface area contributed by atoms with E-state index in [1.165, 1.54) is 36.4 Å². The van der Waals surface area contributed by atoms with Crippen LogP contribution in [0.2, 0.25) is 5.02 Å². The lowest BCUT2D eigenvalue weighted by Crippen LogP contribution is -2.52. The normalized spacial score (nSPS) is 22.0. The highest BCUT2D eigenvalue weighted by Crippen LogP contribution is 2.30. The lowest BCUT2D eigenvalue weighted by atomic mass is 9.82. The Morgan fingerprint density at radius 2 is 2.00 bits per heavy atom. The van der Waals surface area contributed by atoms with Crippen LogP contribution in [0.5, 0.6) is 0 Å². The minimum Gasteiger partial charge on any atom is -0.389 e. The van der Waals surface area contributed by atoms with E-state index in [0.717, 1.165) is 12.8 Å². The van der Waals surface area contributed by atoms with E-state index in [4.69, 9.17) is 11.6 Å². The van der Waals surface area contributed by atoms with Crippen LogP contribution >= 0.6 is 27.5 Å². The van der Waals surface area contributed by atoms with Crippen LogP contribution in [-0.2, 0) is 10.0 Å². The van der Waals surface area contributed by atoms with E-state index >= 15 is 0 Å². The van der Waals surface area contributed by atoms with Gasteiger partial charge >= 0.3 is 0 Å². The molecule has 1 saturated carbocycles. The quantitative estimate of drug-likeness (QED) is 0.543. The van der Waals surface area contributed by atoms with Gasteiger partial charge in [-0.25, -0.2) is 17.5 Å². The Hall–Kier alpha value is -1.52. The van der Waals surface area contributed by atoms with Gasteiger partial charge in [0.2, 0.25) is 10.0 Å². The van der Waals surface area contributed by atoms with Crippen molar-refractivity contribution in [3.8, 4) is 0 Å². The number of carbonyl (C=O) groups excluding carboxylic acids is 1. The summed E-state index contributed by atoms with van der Waals surface area (Å²) in [5.74, 6) is -1.12. The topological polar surface area (TPSA) is 95.5 Å². The largest absolute Gasteiger partial charge is 0.389 e. The van der Waals surface area contributed by atoms with E-state index in [1.54, 1.807) is 6.92 Å². The van der Waals surface area contributed by atoms with Crippen molar-refractivity contribution < 1.29 is 22.7 Å². The number of halogens is 3. The third-order valence-electron chi connectivity index (χ3n) is 5.14. The molecule has 0 radical (unpaired) electrons. The first-order valence-corrected chi connectivity index (χ1v) is 12.0. The molecule has 2 atom stereocenters. The Morgan fingerprint density at radius 1 is 1.27 bits per heavy atom. The summed E-state index contributed by atoms with van der Waals surface area (Å²) in [4.78, 5) is 12.5. The highest BCUT2D eigenvalue weighted by atomic mass is 79.9. The van der Waals surface area contributed by atoms with Gasteiger partial charge in [0.05, 0.1) is 31.6 Å². The number of amides is 1. The molecule has 0 saturated heterocycles. The average molecular weight is 520 g/mol. The van der Waals surface area contributed by atoms with Crippen LogP contribution in [0.4, 0.5) is 10.1 Å². The summed E-state index contributed by atoms with van der Waals surface area (Å²) >= 11 is 9.16. The number of hydrogen-bond acceptors (Lipinski definition) is 4. The number of sulfonamides is 1. The van der Waals surface area contributed by atoms with Crippen molar-refractivity contribution in [2.24, 2.45) is 0 Å². The second-order valence-electron chi connectivity index (χ2n) is 7.50. The smallest absolute Gasteiger partial charge is 0.257 e. The van der Waals surface area contributed by atoms with Gasteiger partial charge in [0.15, 0.2) is 0 Å². The number of anilines is 1. The fourth-order valence-electron chi connectivity index (χ4n) is 3.38. The van der Waals surface area contributed by atoms with Gasteiger partial charge in [0.25, 0.3) is 5.91 Å². The van der Waals surface area contributed by atoms with E-state index in [2.05, 4.69) is 26.0 Å². The molecular formula is C20H21BrClFN2O4S. The maximum Gasteiger partial charge on any atom is 0.257 e. The van der Waals surface area contributed by atoms with Crippen LogP contribution in [0.25, 0.3) is 0 Å². The zero-order chi connectivity index (χ0) is 22.1. The minimum atomic E-state index is -3.99. The third-order valence-corrected chi connectivity index (χ3v) is 7.55. The SMILES string of the molecule is CC1(O)CCCCC1NS(=O)(=O)c1ccc(Cl)c(C(=O)Nc2ccc(F)c(Br)c2)c1. The first-order chi connectivity index (χ1) is 14.0. The molecule has 6 nitrogen and oxygen atoms in total. The molecule has 2 aromatic rings. The number of aliphatic hydroxyl groups is 1. The molecule has 2 unspecified atom stereocenters. The average Bonchev–Trinajstić information content (AvgIpc) is 2.66. The summed E-state index contributed by atoms with van der Waals surface area (Å²) in [6, 6.07) is 7.12. The number of hydrogen-bond donors (Lipinski definition) is 3. The molecule has 162 valence electrons. The third kappa shape index (κ3) is 5.20. The molecule has 1 fully saturated rings. The van der Waals surface area contributed by atoms with E-state index in [0.29, 0.717) is 18.5 Å². The molecule has 30 heavy (non-hydrogen) atoms. The summed E-state index contributed by atoms with van der Waals surface area (Å²) in [6.07, 6.45) is 2.66. The number of nitrogens with one attached hydrogen (secondary N) is 2. The molecule has 0 aliphatic heterocycles. The molecule has 0 bridgehead atoms. The van der Waals surface area contributed by atoms with Gasteiger partial charge in [-0.1, -0.05) is 24.4 Å². The molecule has 3 rings (SSSR count). The Balaban J connectivity index is 1.84. The van der Waals surface area contributed by atoms with E-state index in [9.17, 15) is 22.7 Å². The second-order valence-corrected chi connectivity index (χ2v) is 10.5. The maximum atomic E-state index is 13.4. The van der Waals surface area contributed by atoms with Crippen LogP contribution in [0, 0.1) is 5.82 Å². The predicted octanol–water partition coefficient (Wildman–Crippen LogP) is 4.47. The fourth-order valence-corrected chi connectivity index (χ4v) is 5.36. The molecule has 1 aliphatic carbocycles. The van der Waals surface area contributed by atoms with Crippen LogP contribution in [0.1, 0.15) is 43.0 Å². The summed E-state index contributed by atoms with van der Waals surface area (Å²) < 4.78 is 41.8. The zero-order valence-electron chi connectivity index (χ0n) is 16.1. The van der Waals surface area contributed by atoms with Crippen molar-refractivity contribution in [1.29, 1.82) is 0 Å². The van der Waals surface area contributed by atoms with Crippen LogP contribution in [0.3, 0.4) is 0 Å². The van der Waals surface area contributed by atoms with Crippen LogP contribution in [0.15, 0.2) is 45.8 Å². The molecule has 3 N–H and O–H groups in total. The summed E-state index contributed by atoms with van der Waals surface area (Å²) in [5.41, 5.74) is -0.877. The zero-order valence-corrected chi connectivity index (χ0v) is 19.2. The Kier molecular flexibility index (Phi) is 6.88.